The van der Waals surface area contributed by atoms with Crippen molar-refractivity contribution in [2.45, 2.75) is 37.7 Å². The summed E-state index contributed by atoms with van der Waals surface area (Å²) >= 11 is 5.90. The van der Waals surface area contributed by atoms with Crippen molar-refractivity contribution in [3.05, 3.63) is 83.4 Å². The summed E-state index contributed by atoms with van der Waals surface area (Å²) in [6.07, 6.45) is -0.734. The van der Waals surface area contributed by atoms with Crippen LogP contribution in [0.25, 0.3) is 0 Å². The van der Waals surface area contributed by atoms with E-state index in [0.717, 1.165) is 5.56 Å². The lowest BCUT2D eigenvalue weighted by atomic mass is 10.0. The fourth-order valence-electron chi connectivity index (χ4n) is 3.04. The van der Waals surface area contributed by atoms with Gasteiger partial charge in [-0.3, -0.25) is 9.52 Å². The maximum absolute atomic E-state index is 12.6. The molecule has 3 aromatic carbocycles. The number of anilines is 2. The number of sulfonamides is 1. The summed E-state index contributed by atoms with van der Waals surface area (Å²) in [6, 6.07) is 19.9. The van der Waals surface area contributed by atoms with Gasteiger partial charge in [0, 0.05) is 10.7 Å². The van der Waals surface area contributed by atoms with Crippen molar-refractivity contribution in [3.63, 3.8) is 0 Å². The molecule has 0 saturated carbocycles. The monoisotopic (exact) mass is 472 g/mol. The SMILES string of the molecule is CC(Oc1ccccc1C(C)C)C(=O)Nc1ccc(S(=O)(=O)Nc2cccc(Cl)c2)cc1. The zero-order chi connectivity index (χ0) is 23.3. The van der Waals surface area contributed by atoms with Crippen molar-refractivity contribution in [2.24, 2.45) is 0 Å². The van der Waals surface area contributed by atoms with E-state index in [2.05, 4.69) is 23.9 Å². The molecule has 3 aromatic rings. The Morgan fingerprint density at radius 1 is 0.906 bits per heavy atom. The van der Waals surface area contributed by atoms with Gasteiger partial charge in [0.1, 0.15) is 5.75 Å². The summed E-state index contributed by atoms with van der Waals surface area (Å²) in [4.78, 5) is 12.6. The van der Waals surface area contributed by atoms with E-state index >= 15 is 0 Å². The average Bonchev–Trinajstić information content (AvgIpc) is 2.74. The number of nitrogens with one attached hydrogen (secondary N) is 2. The van der Waals surface area contributed by atoms with Crippen LogP contribution in [0, 0.1) is 0 Å². The molecule has 0 fully saturated rings. The van der Waals surface area contributed by atoms with E-state index in [9.17, 15) is 13.2 Å². The van der Waals surface area contributed by atoms with E-state index in [1.54, 1.807) is 25.1 Å². The quantitative estimate of drug-likeness (QED) is 0.442. The molecule has 0 heterocycles. The highest BCUT2D eigenvalue weighted by atomic mass is 35.5. The minimum atomic E-state index is -3.79. The Bertz CT molecular complexity index is 1190. The molecule has 0 aromatic heterocycles. The van der Waals surface area contributed by atoms with E-state index in [0.29, 0.717) is 22.1 Å². The summed E-state index contributed by atoms with van der Waals surface area (Å²) in [7, 11) is -3.79. The number of halogens is 1. The fourth-order valence-corrected chi connectivity index (χ4v) is 4.28. The van der Waals surface area contributed by atoms with E-state index < -0.39 is 16.1 Å². The number of benzene rings is 3. The van der Waals surface area contributed by atoms with Crippen LogP contribution in [0.2, 0.25) is 5.02 Å². The van der Waals surface area contributed by atoms with Crippen molar-refractivity contribution >= 4 is 38.9 Å². The topological polar surface area (TPSA) is 84.5 Å². The van der Waals surface area contributed by atoms with E-state index in [1.165, 1.54) is 30.3 Å². The van der Waals surface area contributed by atoms with Crippen LogP contribution in [-0.2, 0) is 14.8 Å². The van der Waals surface area contributed by atoms with Crippen LogP contribution in [0.5, 0.6) is 5.75 Å². The van der Waals surface area contributed by atoms with Crippen LogP contribution in [0.1, 0.15) is 32.3 Å². The number of carbonyl (C=O) groups excluding carboxylic acids is 1. The second-order valence-corrected chi connectivity index (χ2v) is 9.70. The lowest BCUT2D eigenvalue weighted by molar-refractivity contribution is -0.122. The van der Waals surface area contributed by atoms with Crippen molar-refractivity contribution in [1.82, 2.24) is 0 Å². The molecule has 0 saturated heterocycles. The molecule has 3 rings (SSSR count). The molecule has 2 N–H and O–H groups in total. The van der Waals surface area contributed by atoms with Gasteiger partial charge < -0.3 is 10.1 Å². The number of amides is 1. The van der Waals surface area contributed by atoms with Gasteiger partial charge in [0.25, 0.3) is 15.9 Å². The average molecular weight is 473 g/mol. The van der Waals surface area contributed by atoms with Gasteiger partial charge in [0.05, 0.1) is 10.6 Å². The Morgan fingerprint density at radius 3 is 2.25 bits per heavy atom. The van der Waals surface area contributed by atoms with Crippen molar-refractivity contribution in [3.8, 4) is 5.75 Å². The first kappa shape index (κ1) is 23.6. The van der Waals surface area contributed by atoms with Gasteiger partial charge in [0.2, 0.25) is 0 Å². The Hall–Kier alpha value is -3.03. The lowest BCUT2D eigenvalue weighted by Gasteiger charge is -2.18. The van der Waals surface area contributed by atoms with Gasteiger partial charge in [-0.2, -0.15) is 0 Å². The Balaban J connectivity index is 1.65. The first-order chi connectivity index (χ1) is 15.2. The summed E-state index contributed by atoms with van der Waals surface area (Å²) < 4.78 is 33.5. The third-order valence-corrected chi connectivity index (χ3v) is 6.36. The van der Waals surface area contributed by atoms with Crippen LogP contribution in [0.15, 0.2) is 77.7 Å². The normalized spacial score (nSPS) is 12.3. The third-order valence-electron chi connectivity index (χ3n) is 4.72. The van der Waals surface area contributed by atoms with Crippen molar-refractivity contribution in [2.75, 3.05) is 10.0 Å². The molecule has 6 nitrogen and oxygen atoms in total. The predicted octanol–water partition coefficient (Wildman–Crippen LogP) is 5.67. The van der Waals surface area contributed by atoms with Crippen LogP contribution >= 0.6 is 11.6 Å². The number of carbonyl (C=O) groups is 1. The highest BCUT2D eigenvalue weighted by molar-refractivity contribution is 7.92. The highest BCUT2D eigenvalue weighted by Gasteiger charge is 2.19. The molecule has 32 heavy (non-hydrogen) atoms. The van der Waals surface area contributed by atoms with Crippen LogP contribution < -0.4 is 14.8 Å². The van der Waals surface area contributed by atoms with Crippen molar-refractivity contribution < 1.29 is 17.9 Å². The first-order valence-corrected chi connectivity index (χ1v) is 12.0. The molecule has 1 unspecified atom stereocenters. The van der Waals surface area contributed by atoms with E-state index in [4.69, 9.17) is 16.3 Å². The van der Waals surface area contributed by atoms with E-state index in [1.807, 2.05) is 24.3 Å². The Morgan fingerprint density at radius 2 is 1.59 bits per heavy atom. The standard InChI is InChI=1S/C24H25ClN2O4S/c1-16(2)22-9-4-5-10-23(22)31-17(3)24(28)26-19-11-13-21(14-12-19)32(29,30)27-20-8-6-7-18(25)15-20/h4-17,27H,1-3H3,(H,26,28). The van der Waals surface area contributed by atoms with Crippen LogP contribution in [-0.4, -0.2) is 20.4 Å². The Labute approximate surface area is 193 Å². The maximum atomic E-state index is 12.6. The first-order valence-electron chi connectivity index (χ1n) is 10.1. The van der Waals surface area contributed by atoms with Crippen LogP contribution in [0.4, 0.5) is 11.4 Å². The van der Waals surface area contributed by atoms with Gasteiger partial charge in [-0.1, -0.05) is 49.7 Å². The molecule has 0 aliphatic rings. The molecule has 0 radical (unpaired) electrons. The van der Waals surface area contributed by atoms with Gasteiger partial charge in [-0.25, -0.2) is 8.42 Å². The van der Waals surface area contributed by atoms with E-state index in [-0.39, 0.29) is 16.7 Å². The lowest BCUT2D eigenvalue weighted by Crippen LogP contribution is -2.30. The summed E-state index contributed by atoms with van der Waals surface area (Å²) in [5.41, 5.74) is 1.85. The maximum Gasteiger partial charge on any atom is 0.265 e. The van der Waals surface area contributed by atoms with Gasteiger partial charge in [-0.05, 0) is 66.9 Å². The molecule has 0 aliphatic heterocycles. The summed E-state index contributed by atoms with van der Waals surface area (Å²) in [5.74, 6) is 0.589. The number of para-hydroxylation sites is 1. The number of ether oxygens (including phenoxy) is 1. The molecule has 0 spiro atoms. The zero-order valence-electron chi connectivity index (χ0n) is 18.0. The molecule has 8 heteroatoms. The molecular formula is C24H25ClN2O4S. The molecule has 1 amide bonds. The van der Waals surface area contributed by atoms with Gasteiger partial charge in [0.15, 0.2) is 6.10 Å². The van der Waals surface area contributed by atoms with Crippen molar-refractivity contribution in [1.29, 1.82) is 0 Å². The number of rotatable bonds is 8. The second-order valence-electron chi connectivity index (χ2n) is 7.58. The van der Waals surface area contributed by atoms with Gasteiger partial charge >= 0.3 is 0 Å². The summed E-state index contributed by atoms with van der Waals surface area (Å²) in [5, 5.41) is 3.18. The minimum absolute atomic E-state index is 0.0608. The number of hydrogen-bond acceptors (Lipinski definition) is 4. The zero-order valence-corrected chi connectivity index (χ0v) is 19.6. The fraction of sp³-hybridized carbons (Fsp3) is 0.208. The molecule has 0 aliphatic carbocycles. The molecular weight excluding hydrogens is 448 g/mol. The molecule has 0 bridgehead atoms. The molecule has 168 valence electrons. The minimum Gasteiger partial charge on any atom is -0.481 e. The summed E-state index contributed by atoms with van der Waals surface area (Å²) in [6.45, 7) is 5.79. The number of hydrogen-bond donors (Lipinski definition) is 2. The smallest absolute Gasteiger partial charge is 0.265 e. The van der Waals surface area contributed by atoms with Crippen LogP contribution in [0.3, 0.4) is 0 Å². The predicted molar refractivity (Wildman–Crippen MR) is 128 cm³/mol. The largest absolute Gasteiger partial charge is 0.481 e. The highest BCUT2D eigenvalue weighted by Crippen LogP contribution is 2.27. The van der Waals surface area contributed by atoms with Gasteiger partial charge in [-0.15, -0.1) is 0 Å². The Kier molecular flexibility index (Phi) is 7.43. The molecule has 1 atom stereocenters. The third kappa shape index (κ3) is 6.02. The second kappa shape index (κ2) is 10.1.